The smallest absolute Gasteiger partial charge is 0.332 e. The van der Waals surface area contributed by atoms with E-state index in [-0.39, 0.29) is 0 Å². The number of nitrogens with zero attached hydrogens (tertiary/aromatic N) is 1. The topological polar surface area (TPSA) is 49.8 Å². The molecule has 0 aliphatic carbocycles. The Hall–Kier alpha value is -0.610. The average molecular weight is 215 g/mol. The Balaban J connectivity index is 2.29. The van der Waals surface area contributed by atoms with Gasteiger partial charge in [0.1, 0.15) is 0 Å². The van der Waals surface area contributed by atoms with E-state index in [1.807, 2.05) is 6.92 Å². The van der Waals surface area contributed by atoms with Crippen molar-refractivity contribution in [3.8, 4) is 0 Å². The lowest BCUT2D eigenvalue weighted by atomic mass is 10.2. The summed E-state index contributed by atoms with van der Waals surface area (Å²) in [6.45, 7) is 6.42. The summed E-state index contributed by atoms with van der Waals surface area (Å²) >= 11 is 0. The van der Waals surface area contributed by atoms with E-state index in [9.17, 15) is 4.79 Å². The molecule has 4 heteroatoms. The van der Waals surface area contributed by atoms with Crippen LogP contribution in [0.4, 0.5) is 0 Å². The highest BCUT2D eigenvalue weighted by Crippen LogP contribution is 2.17. The highest BCUT2D eigenvalue weighted by Gasteiger charge is 2.23. The van der Waals surface area contributed by atoms with Crippen LogP contribution in [0.3, 0.4) is 0 Å². The summed E-state index contributed by atoms with van der Waals surface area (Å²) < 4.78 is 5.17. The lowest BCUT2D eigenvalue weighted by molar-refractivity contribution is -0.150. The molecule has 0 aromatic carbocycles. The predicted molar refractivity (Wildman–Crippen MR) is 57.9 cm³/mol. The molecule has 4 nitrogen and oxygen atoms in total. The van der Waals surface area contributed by atoms with Gasteiger partial charge in [-0.05, 0) is 39.7 Å². The van der Waals surface area contributed by atoms with Gasteiger partial charge < -0.3 is 14.7 Å². The van der Waals surface area contributed by atoms with E-state index < -0.39 is 12.1 Å². The number of rotatable bonds is 6. The van der Waals surface area contributed by atoms with Crippen LogP contribution in [0.15, 0.2) is 0 Å². The Labute approximate surface area is 91.2 Å². The van der Waals surface area contributed by atoms with Crippen LogP contribution in [0.2, 0.25) is 0 Å². The molecule has 0 aromatic heterocycles. The largest absolute Gasteiger partial charge is 0.479 e. The van der Waals surface area contributed by atoms with E-state index in [4.69, 9.17) is 9.84 Å². The molecule has 1 heterocycles. The van der Waals surface area contributed by atoms with Crippen molar-refractivity contribution in [3.05, 3.63) is 0 Å². The molecule has 0 amide bonds. The number of carbonyl (C=O) groups is 1. The van der Waals surface area contributed by atoms with Gasteiger partial charge in [-0.1, -0.05) is 0 Å². The molecule has 0 saturated carbocycles. The first-order valence-electron chi connectivity index (χ1n) is 5.73. The van der Waals surface area contributed by atoms with Crippen LogP contribution in [0.1, 0.15) is 33.1 Å². The molecule has 0 aromatic rings. The zero-order chi connectivity index (χ0) is 11.3. The molecule has 1 aliphatic heterocycles. The number of hydrogen-bond acceptors (Lipinski definition) is 3. The predicted octanol–water partition coefficient (Wildman–Crippen LogP) is 1.35. The van der Waals surface area contributed by atoms with Gasteiger partial charge in [-0.25, -0.2) is 4.79 Å². The third-order valence-corrected chi connectivity index (χ3v) is 3.01. The lowest BCUT2D eigenvalue weighted by Crippen LogP contribution is -2.33. The monoisotopic (exact) mass is 215 g/mol. The van der Waals surface area contributed by atoms with E-state index in [1.165, 1.54) is 12.8 Å². The molecule has 2 unspecified atom stereocenters. The van der Waals surface area contributed by atoms with Gasteiger partial charge in [-0.15, -0.1) is 0 Å². The Morgan fingerprint density at radius 2 is 2.40 bits per heavy atom. The Kier molecular flexibility index (Phi) is 5.05. The van der Waals surface area contributed by atoms with Gasteiger partial charge in [0.15, 0.2) is 6.10 Å². The molecular formula is C11H21NO3. The molecular weight excluding hydrogens is 194 g/mol. The van der Waals surface area contributed by atoms with E-state index >= 15 is 0 Å². The molecule has 1 rings (SSSR count). The number of carboxylic acid groups (broad SMARTS) is 1. The zero-order valence-corrected chi connectivity index (χ0v) is 9.61. The van der Waals surface area contributed by atoms with Gasteiger partial charge >= 0.3 is 5.97 Å². The van der Waals surface area contributed by atoms with Crippen molar-refractivity contribution >= 4 is 5.97 Å². The van der Waals surface area contributed by atoms with Crippen molar-refractivity contribution in [3.63, 3.8) is 0 Å². The molecule has 88 valence electrons. The molecule has 0 bridgehead atoms. The van der Waals surface area contributed by atoms with Crippen molar-refractivity contribution in [1.82, 2.24) is 4.90 Å². The Morgan fingerprint density at radius 1 is 1.67 bits per heavy atom. The lowest BCUT2D eigenvalue weighted by Gasteiger charge is -2.22. The normalized spacial score (nSPS) is 24.3. The van der Waals surface area contributed by atoms with E-state index in [0.29, 0.717) is 19.1 Å². The highest BCUT2D eigenvalue weighted by molar-refractivity contribution is 5.72. The van der Waals surface area contributed by atoms with Crippen LogP contribution >= 0.6 is 0 Å². The highest BCUT2D eigenvalue weighted by atomic mass is 16.5. The van der Waals surface area contributed by atoms with E-state index in [2.05, 4.69) is 11.8 Å². The van der Waals surface area contributed by atoms with Crippen molar-refractivity contribution in [2.75, 3.05) is 19.7 Å². The Morgan fingerprint density at radius 3 is 2.87 bits per heavy atom. The number of ether oxygens (including phenoxy) is 1. The summed E-state index contributed by atoms with van der Waals surface area (Å²) in [5.74, 6) is -0.844. The SMILES string of the molecule is CCOC(CCN1CCCC1C)C(=O)O. The fourth-order valence-electron chi connectivity index (χ4n) is 2.09. The first kappa shape index (κ1) is 12.5. The van der Waals surface area contributed by atoms with Crippen molar-refractivity contribution in [2.24, 2.45) is 0 Å². The van der Waals surface area contributed by atoms with Crippen molar-refractivity contribution < 1.29 is 14.6 Å². The van der Waals surface area contributed by atoms with Crippen LogP contribution in [-0.2, 0) is 9.53 Å². The second kappa shape index (κ2) is 6.08. The van der Waals surface area contributed by atoms with Crippen LogP contribution in [0, 0.1) is 0 Å². The van der Waals surface area contributed by atoms with Crippen molar-refractivity contribution in [1.29, 1.82) is 0 Å². The number of aliphatic carboxylic acids is 1. The summed E-state index contributed by atoms with van der Waals surface area (Å²) in [4.78, 5) is 13.2. The van der Waals surface area contributed by atoms with Crippen LogP contribution in [0.25, 0.3) is 0 Å². The van der Waals surface area contributed by atoms with Gasteiger partial charge in [-0.3, -0.25) is 0 Å². The quantitative estimate of drug-likeness (QED) is 0.726. The van der Waals surface area contributed by atoms with Gasteiger partial charge in [-0.2, -0.15) is 0 Å². The van der Waals surface area contributed by atoms with Crippen molar-refractivity contribution in [2.45, 2.75) is 45.3 Å². The maximum absolute atomic E-state index is 10.8. The number of hydrogen-bond donors (Lipinski definition) is 1. The maximum atomic E-state index is 10.8. The molecule has 0 radical (unpaired) electrons. The third kappa shape index (κ3) is 3.80. The molecule has 1 saturated heterocycles. The van der Waals surface area contributed by atoms with Gasteiger partial charge in [0.2, 0.25) is 0 Å². The molecule has 1 N–H and O–H groups in total. The molecule has 2 atom stereocenters. The summed E-state index contributed by atoms with van der Waals surface area (Å²) in [5, 5.41) is 8.90. The molecule has 0 spiro atoms. The molecule has 1 fully saturated rings. The summed E-state index contributed by atoms with van der Waals surface area (Å²) in [5.41, 5.74) is 0. The van der Waals surface area contributed by atoms with Gasteiger partial charge in [0, 0.05) is 19.2 Å². The fourth-order valence-corrected chi connectivity index (χ4v) is 2.09. The number of carboxylic acids is 1. The van der Waals surface area contributed by atoms with E-state index in [0.717, 1.165) is 13.1 Å². The minimum atomic E-state index is -0.844. The second-order valence-corrected chi connectivity index (χ2v) is 4.10. The molecule has 1 aliphatic rings. The average Bonchev–Trinajstić information content (AvgIpc) is 2.58. The van der Waals surface area contributed by atoms with Gasteiger partial charge in [0.05, 0.1) is 0 Å². The van der Waals surface area contributed by atoms with Gasteiger partial charge in [0.25, 0.3) is 0 Å². The third-order valence-electron chi connectivity index (χ3n) is 3.01. The summed E-state index contributed by atoms with van der Waals surface area (Å²) in [7, 11) is 0. The Bertz CT molecular complexity index is 208. The first-order valence-corrected chi connectivity index (χ1v) is 5.73. The summed E-state index contributed by atoms with van der Waals surface area (Å²) in [6.07, 6.45) is 2.41. The molecule has 15 heavy (non-hydrogen) atoms. The fraction of sp³-hybridized carbons (Fsp3) is 0.909. The minimum Gasteiger partial charge on any atom is -0.479 e. The summed E-state index contributed by atoms with van der Waals surface area (Å²) in [6, 6.07) is 0.598. The maximum Gasteiger partial charge on any atom is 0.332 e. The zero-order valence-electron chi connectivity index (χ0n) is 9.61. The minimum absolute atomic E-state index is 0.465. The second-order valence-electron chi connectivity index (χ2n) is 4.10. The van der Waals surface area contributed by atoms with E-state index in [1.54, 1.807) is 0 Å². The number of likely N-dealkylation sites (tertiary alicyclic amines) is 1. The van der Waals surface area contributed by atoms with Crippen LogP contribution in [0.5, 0.6) is 0 Å². The van der Waals surface area contributed by atoms with Crippen LogP contribution < -0.4 is 0 Å². The first-order chi connectivity index (χ1) is 7.15. The van der Waals surface area contributed by atoms with Crippen LogP contribution in [-0.4, -0.2) is 47.8 Å². The standard InChI is InChI=1S/C11H21NO3/c1-3-15-10(11(13)14)6-8-12-7-4-5-9(12)2/h9-10H,3-8H2,1-2H3,(H,13,14).